The molecule has 1 heterocycles. The Bertz CT molecular complexity index is 527. The maximum Gasteiger partial charge on any atom is 0.213 e. The highest BCUT2D eigenvalue weighted by molar-refractivity contribution is 7.99. The summed E-state index contributed by atoms with van der Waals surface area (Å²) in [6, 6.07) is 4.03. The molecule has 0 aliphatic carbocycles. The number of nitrogens with zero attached hydrogens (tertiary/aromatic N) is 2. The average Bonchev–Trinajstić information content (AvgIpc) is 2.67. The molecule has 0 saturated carbocycles. The average molecular weight is 237 g/mol. The summed E-state index contributed by atoms with van der Waals surface area (Å²) in [6.07, 6.45) is 0.616. The van der Waals surface area contributed by atoms with E-state index in [0.717, 1.165) is 0 Å². The molecule has 0 bridgehead atoms. The van der Waals surface area contributed by atoms with Crippen LogP contribution in [0, 0.1) is 12.7 Å². The second kappa shape index (κ2) is 4.44. The molecule has 0 spiro atoms. The lowest BCUT2D eigenvalue weighted by Crippen LogP contribution is -1.88. The molecule has 2 aromatic rings. The van der Waals surface area contributed by atoms with E-state index in [1.807, 2.05) is 0 Å². The predicted molar refractivity (Wildman–Crippen MR) is 57.0 cm³/mol. The van der Waals surface area contributed by atoms with Gasteiger partial charge in [-0.05, 0) is 36.9 Å². The smallest absolute Gasteiger partial charge is 0.213 e. The van der Waals surface area contributed by atoms with Crippen molar-refractivity contribution >= 4 is 18.0 Å². The lowest BCUT2D eigenvalue weighted by atomic mass is 10.2. The number of aromatic amines is 1. The lowest BCUT2D eigenvalue weighted by Gasteiger charge is -2.00. The summed E-state index contributed by atoms with van der Waals surface area (Å²) in [5.74, 6) is 0.259. The zero-order chi connectivity index (χ0) is 11.5. The zero-order valence-corrected chi connectivity index (χ0v) is 9.21. The molecule has 4 nitrogen and oxygen atoms in total. The minimum atomic E-state index is -0.433. The number of aryl methyl sites for hydroxylation is 1. The number of aromatic nitrogens is 3. The Hall–Kier alpha value is -1.69. The summed E-state index contributed by atoms with van der Waals surface area (Å²) in [5.41, 5.74) is 0.299. The van der Waals surface area contributed by atoms with Crippen LogP contribution in [0.2, 0.25) is 0 Å². The SMILES string of the molecule is Cc1nc(Sc2ccc(F)cc2C=O)n[nH]1. The van der Waals surface area contributed by atoms with Crippen molar-refractivity contribution < 1.29 is 9.18 Å². The van der Waals surface area contributed by atoms with E-state index in [4.69, 9.17) is 0 Å². The first-order valence-electron chi connectivity index (χ1n) is 4.50. The third kappa shape index (κ3) is 2.27. The highest BCUT2D eigenvalue weighted by Gasteiger charge is 2.08. The molecule has 82 valence electrons. The predicted octanol–water partition coefficient (Wildman–Crippen LogP) is 2.22. The normalized spacial score (nSPS) is 10.4. The Labute approximate surface area is 95.3 Å². The number of hydrogen-bond donors (Lipinski definition) is 1. The summed E-state index contributed by atoms with van der Waals surface area (Å²) in [6.45, 7) is 1.78. The van der Waals surface area contributed by atoms with Gasteiger partial charge >= 0.3 is 0 Å². The van der Waals surface area contributed by atoms with E-state index < -0.39 is 5.82 Å². The van der Waals surface area contributed by atoms with E-state index in [-0.39, 0.29) is 0 Å². The Morgan fingerprint density at radius 1 is 1.50 bits per heavy atom. The molecule has 1 aromatic carbocycles. The molecule has 0 aliphatic heterocycles. The van der Waals surface area contributed by atoms with Gasteiger partial charge < -0.3 is 0 Å². The maximum absolute atomic E-state index is 12.9. The Morgan fingerprint density at radius 2 is 2.31 bits per heavy atom. The van der Waals surface area contributed by atoms with Gasteiger partial charge in [-0.15, -0.1) is 5.10 Å². The van der Waals surface area contributed by atoms with Gasteiger partial charge in [-0.3, -0.25) is 9.89 Å². The highest BCUT2D eigenvalue weighted by atomic mass is 32.2. The van der Waals surface area contributed by atoms with Crippen LogP contribution in [0.15, 0.2) is 28.3 Å². The molecule has 16 heavy (non-hydrogen) atoms. The highest BCUT2D eigenvalue weighted by Crippen LogP contribution is 2.27. The minimum absolute atomic E-state index is 0.299. The molecule has 0 unspecified atom stereocenters. The minimum Gasteiger partial charge on any atom is -0.298 e. The maximum atomic E-state index is 12.9. The van der Waals surface area contributed by atoms with E-state index in [0.29, 0.717) is 27.7 Å². The summed E-state index contributed by atoms with van der Waals surface area (Å²) in [5, 5.41) is 7.13. The van der Waals surface area contributed by atoms with Gasteiger partial charge in [0, 0.05) is 10.5 Å². The number of benzene rings is 1. The van der Waals surface area contributed by atoms with Gasteiger partial charge in [0.2, 0.25) is 5.16 Å². The van der Waals surface area contributed by atoms with Crippen LogP contribution in [0.25, 0.3) is 0 Å². The molecule has 2 rings (SSSR count). The van der Waals surface area contributed by atoms with Crippen molar-refractivity contribution in [2.24, 2.45) is 0 Å². The number of rotatable bonds is 3. The van der Waals surface area contributed by atoms with Gasteiger partial charge in [0.25, 0.3) is 0 Å². The molecule has 1 N–H and O–H groups in total. The van der Waals surface area contributed by atoms with Crippen LogP contribution < -0.4 is 0 Å². The van der Waals surface area contributed by atoms with Crippen molar-refractivity contribution in [2.45, 2.75) is 17.0 Å². The van der Waals surface area contributed by atoms with Gasteiger partial charge in [0.1, 0.15) is 11.6 Å². The van der Waals surface area contributed by atoms with E-state index in [9.17, 15) is 9.18 Å². The lowest BCUT2D eigenvalue weighted by molar-refractivity contribution is 0.112. The standard InChI is InChI=1S/C10H8FN3OS/c1-6-12-10(14-13-6)16-9-3-2-8(11)4-7(9)5-15/h2-5H,1H3,(H,12,13,14). The molecule has 0 radical (unpaired) electrons. The summed E-state index contributed by atoms with van der Waals surface area (Å²) in [4.78, 5) is 15.5. The first-order chi connectivity index (χ1) is 7.69. The summed E-state index contributed by atoms with van der Waals surface area (Å²) < 4.78 is 12.9. The summed E-state index contributed by atoms with van der Waals surface area (Å²) in [7, 11) is 0. The fourth-order valence-corrected chi connectivity index (χ4v) is 2.00. The van der Waals surface area contributed by atoms with Crippen LogP contribution >= 0.6 is 11.8 Å². The molecule has 0 amide bonds. The number of nitrogens with one attached hydrogen (secondary N) is 1. The molecule has 0 atom stereocenters. The van der Waals surface area contributed by atoms with Crippen LogP contribution in [0.1, 0.15) is 16.2 Å². The van der Waals surface area contributed by atoms with Gasteiger partial charge in [-0.2, -0.15) is 0 Å². The number of carbonyl (C=O) groups excluding carboxylic acids is 1. The van der Waals surface area contributed by atoms with E-state index in [1.165, 1.54) is 30.0 Å². The van der Waals surface area contributed by atoms with Gasteiger partial charge in [0.05, 0.1) is 0 Å². The van der Waals surface area contributed by atoms with Gasteiger partial charge in [-0.1, -0.05) is 0 Å². The van der Waals surface area contributed by atoms with Gasteiger partial charge in [0.15, 0.2) is 6.29 Å². The Kier molecular flexibility index (Phi) is 3.00. The number of H-pyrrole nitrogens is 1. The van der Waals surface area contributed by atoms with Crippen molar-refractivity contribution in [2.75, 3.05) is 0 Å². The largest absolute Gasteiger partial charge is 0.298 e. The first kappa shape index (κ1) is 10.8. The molecule has 0 aliphatic rings. The number of halogens is 1. The Morgan fingerprint density at radius 3 is 2.94 bits per heavy atom. The fraction of sp³-hybridized carbons (Fsp3) is 0.100. The summed E-state index contributed by atoms with van der Waals surface area (Å²) >= 11 is 1.22. The second-order valence-electron chi connectivity index (χ2n) is 3.11. The third-order valence-corrected chi connectivity index (χ3v) is 2.83. The molecule has 1 aromatic heterocycles. The van der Waals surface area contributed by atoms with Crippen molar-refractivity contribution in [1.82, 2.24) is 15.2 Å². The van der Waals surface area contributed by atoms with E-state index in [1.54, 1.807) is 6.92 Å². The monoisotopic (exact) mass is 237 g/mol. The van der Waals surface area contributed by atoms with Crippen molar-refractivity contribution in [3.05, 3.63) is 35.4 Å². The number of hydrogen-bond acceptors (Lipinski definition) is 4. The Balaban J connectivity index is 2.30. The van der Waals surface area contributed by atoms with Crippen LogP contribution in [-0.4, -0.2) is 21.5 Å². The van der Waals surface area contributed by atoms with Gasteiger partial charge in [-0.25, -0.2) is 9.37 Å². The molecule has 6 heteroatoms. The van der Waals surface area contributed by atoms with Crippen LogP contribution in [0.5, 0.6) is 0 Å². The molecular formula is C10H8FN3OS. The van der Waals surface area contributed by atoms with Crippen LogP contribution in [0.4, 0.5) is 4.39 Å². The fourth-order valence-electron chi connectivity index (χ4n) is 1.17. The van der Waals surface area contributed by atoms with Crippen molar-refractivity contribution in [3.8, 4) is 0 Å². The first-order valence-corrected chi connectivity index (χ1v) is 5.32. The molecule has 0 saturated heterocycles. The van der Waals surface area contributed by atoms with E-state index >= 15 is 0 Å². The zero-order valence-electron chi connectivity index (χ0n) is 8.40. The van der Waals surface area contributed by atoms with Crippen molar-refractivity contribution in [3.63, 3.8) is 0 Å². The van der Waals surface area contributed by atoms with Crippen molar-refractivity contribution in [1.29, 1.82) is 0 Å². The molecular weight excluding hydrogens is 229 g/mol. The number of carbonyl (C=O) groups is 1. The van der Waals surface area contributed by atoms with Crippen LogP contribution in [0.3, 0.4) is 0 Å². The van der Waals surface area contributed by atoms with E-state index in [2.05, 4.69) is 15.2 Å². The number of aldehydes is 1. The third-order valence-electron chi connectivity index (χ3n) is 1.88. The molecule has 0 fully saturated rings. The second-order valence-corrected chi connectivity index (χ2v) is 4.11. The van der Waals surface area contributed by atoms with Crippen LogP contribution in [-0.2, 0) is 0 Å². The quantitative estimate of drug-likeness (QED) is 0.831. The topological polar surface area (TPSA) is 58.6 Å².